The van der Waals surface area contributed by atoms with E-state index in [0.29, 0.717) is 25.9 Å². The van der Waals surface area contributed by atoms with E-state index >= 15 is 0 Å². The summed E-state index contributed by atoms with van der Waals surface area (Å²) in [6.45, 7) is 6.92. The first-order valence-electron chi connectivity index (χ1n) is 10.3. The summed E-state index contributed by atoms with van der Waals surface area (Å²) in [6, 6.07) is 18.0. The van der Waals surface area contributed by atoms with Gasteiger partial charge in [-0.15, -0.1) is 0 Å². The van der Waals surface area contributed by atoms with E-state index in [4.69, 9.17) is 0 Å². The van der Waals surface area contributed by atoms with Crippen molar-refractivity contribution in [3.8, 4) is 0 Å². The first-order valence-corrected chi connectivity index (χ1v) is 11.4. The molecule has 156 valence electrons. The topological polar surface area (TPSA) is 49.4 Å². The predicted octanol–water partition coefficient (Wildman–Crippen LogP) is 4.56. The van der Waals surface area contributed by atoms with E-state index in [0.717, 1.165) is 17.1 Å². The van der Waals surface area contributed by atoms with Crippen LogP contribution in [0.3, 0.4) is 0 Å². The highest BCUT2D eigenvalue weighted by Gasteiger charge is 2.27. The molecule has 0 aromatic heterocycles. The molecule has 2 aromatic rings. The molecule has 4 nitrogen and oxygen atoms in total. The molecule has 0 bridgehead atoms. The number of nitrogens with zero attached hydrogens (tertiary/aromatic N) is 1. The second-order valence-electron chi connectivity index (χ2n) is 7.11. The largest absolute Gasteiger partial charge is 0.355 e. The number of rotatable bonds is 11. The molecule has 0 spiro atoms. The van der Waals surface area contributed by atoms with E-state index in [2.05, 4.69) is 17.4 Å². The normalized spacial score (nSPS) is 11.7. The van der Waals surface area contributed by atoms with E-state index in [9.17, 15) is 9.59 Å². The summed E-state index contributed by atoms with van der Waals surface area (Å²) in [5.41, 5.74) is 3.48. The van der Waals surface area contributed by atoms with E-state index in [1.54, 1.807) is 16.7 Å². The fourth-order valence-corrected chi connectivity index (χ4v) is 4.06. The van der Waals surface area contributed by atoms with Gasteiger partial charge in [0.15, 0.2) is 0 Å². The molecule has 0 saturated carbocycles. The summed E-state index contributed by atoms with van der Waals surface area (Å²) in [4.78, 5) is 27.4. The lowest BCUT2D eigenvalue weighted by atomic mass is 10.1. The zero-order valence-corrected chi connectivity index (χ0v) is 18.5. The summed E-state index contributed by atoms with van der Waals surface area (Å²) < 4.78 is 0. The minimum atomic E-state index is -0.442. The van der Waals surface area contributed by atoms with Crippen molar-refractivity contribution in [3.05, 3.63) is 71.3 Å². The highest BCUT2D eigenvalue weighted by atomic mass is 32.2. The summed E-state index contributed by atoms with van der Waals surface area (Å²) in [5, 5.41) is 2.88. The van der Waals surface area contributed by atoms with Gasteiger partial charge in [0, 0.05) is 31.0 Å². The van der Waals surface area contributed by atoms with Crippen LogP contribution in [0.1, 0.15) is 43.4 Å². The molecular formula is C24H32N2O2S. The van der Waals surface area contributed by atoms with Crippen LogP contribution in [0, 0.1) is 6.92 Å². The third-order valence-corrected chi connectivity index (χ3v) is 5.81. The number of nitrogens with one attached hydrogen (secondary N) is 1. The van der Waals surface area contributed by atoms with Crippen molar-refractivity contribution in [2.24, 2.45) is 0 Å². The van der Waals surface area contributed by atoms with Crippen LogP contribution < -0.4 is 5.32 Å². The second kappa shape index (κ2) is 12.3. The van der Waals surface area contributed by atoms with Crippen molar-refractivity contribution in [1.29, 1.82) is 0 Å². The summed E-state index contributed by atoms with van der Waals surface area (Å²) in [7, 11) is 0. The van der Waals surface area contributed by atoms with Crippen LogP contribution in [0.2, 0.25) is 0 Å². The molecule has 0 aliphatic carbocycles. The predicted molar refractivity (Wildman–Crippen MR) is 122 cm³/mol. The fraction of sp³-hybridized carbons (Fsp3) is 0.417. The number of thioether (sulfide) groups is 1. The Morgan fingerprint density at radius 3 is 2.31 bits per heavy atom. The molecule has 1 atom stereocenters. The van der Waals surface area contributed by atoms with Crippen molar-refractivity contribution in [3.63, 3.8) is 0 Å². The number of hydrogen-bond acceptors (Lipinski definition) is 3. The van der Waals surface area contributed by atoms with Gasteiger partial charge in [-0.2, -0.15) is 11.8 Å². The van der Waals surface area contributed by atoms with Crippen LogP contribution in [0.5, 0.6) is 0 Å². The third kappa shape index (κ3) is 7.58. The molecule has 2 rings (SSSR count). The Labute approximate surface area is 179 Å². The van der Waals surface area contributed by atoms with Crippen molar-refractivity contribution >= 4 is 23.6 Å². The quantitative estimate of drug-likeness (QED) is 0.550. The van der Waals surface area contributed by atoms with Gasteiger partial charge in [-0.1, -0.05) is 67.1 Å². The van der Waals surface area contributed by atoms with Gasteiger partial charge in [-0.3, -0.25) is 9.59 Å². The zero-order chi connectivity index (χ0) is 21.1. The molecular weight excluding hydrogens is 380 g/mol. The summed E-state index contributed by atoms with van der Waals surface area (Å²) in [6.07, 6.45) is 1.03. The SMILES string of the molecule is CCNC(=O)C(CC)N(Cc1ccc(C)cc1)C(=O)CCSCc1ccccc1. The van der Waals surface area contributed by atoms with Gasteiger partial charge in [0.1, 0.15) is 6.04 Å². The van der Waals surface area contributed by atoms with Gasteiger partial charge in [0.2, 0.25) is 11.8 Å². The number of carbonyl (C=O) groups excluding carboxylic acids is 2. The molecule has 1 unspecified atom stereocenters. The molecule has 29 heavy (non-hydrogen) atoms. The lowest BCUT2D eigenvalue weighted by Crippen LogP contribution is -2.49. The number of likely N-dealkylation sites (N-methyl/N-ethyl adjacent to an activating group) is 1. The van der Waals surface area contributed by atoms with Crippen molar-refractivity contribution in [1.82, 2.24) is 10.2 Å². The van der Waals surface area contributed by atoms with E-state index in [-0.39, 0.29) is 11.8 Å². The number of benzene rings is 2. The summed E-state index contributed by atoms with van der Waals surface area (Å²) in [5.74, 6) is 1.58. The Morgan fingerprint density at radius 1 is 1.00 bits per heavy atom. The first kappa shape index (κ1) is 23.0. The highest BCUT2D eigenvalue weighted by Crippen LogP contribution is 2.17. The van der Waals surface area contributed by atoms with Crippen LogP contribution in [0.4, 0.5) is 0 Å². The number of amides is 2. The van der Waals surface area contributed by atoms with Gasteiger partial charge in [0.25, 0.3) is 0 Å². The van der Waals surface area contributed by atoms with Gasteiger partial charge < -0.3 is 10.2 Å². The number of aryl methyl sites for hydroxylation is 1. The lowest BCUT2D eigenvalue weighted by molar-refractivity contribution is -0.141. The molecule has 0 aliphatic rings. The van der Waals surface area contributed by atoms with Gasteiger partial charge in [0.05, 0.1) is 0 Å². The smallest absolute Gasteiger partial charge is 0.242 e. The molecule has 0 aliphatic heterocycles. The Hall–Kier alpha value is -2.27. The first-order chi connectivity index (χ1) is 14.0. The fourth-order valence-electron chi connectivity index (χ4n) is 3.17. The molecule has 5 heteroatoms. The number of hydrogen-bond donors (Lipinski definition) is 1. The maximum Gasteiger partial charge on any atom is 0.242 e. The minimum Gasteiger partial charge on any atom is -0.355 e. The maximum absolute atomic E-state index is 13.1. The van der Waals surface area contributed by atoms with Crippen LogP contribution in [-0.4, -0.2) is 35.1 Å². The molecule has 2 aromatic carbocycles. The highest BCUT2D eigenvalue weighted by molar-refractivity contribution is 7.98. The van der Waals surface area contributed by atoms with Gasteiger partial charge in [-0.05, 0) is 31.4 Å². The Bertz CT molecular complexity index is 762. The monoisotopic (exact) mass is 412 g/mol. The van der Waals surface area contributed by atoms with Crippen LogP contribution in [0.25, 0.3) is 0 Å². The van der Waals surface area contributed by atoms with Crippen LogP contribution in [0.15, 0.2) is 54.6 Å². The molecule has 0 fully saturated rings. The Morgan fingerprint density at radius 2 is 1.69 bits per heavy atom. The van der Waals surface area contributed by atoms with Crippen molar-refractivity contribution < 1.29 is 9.59 Å². The number of carbonyl (C=O) groups is 2. The average Bonchev–Trinajstić information content (AvgIpc) is 2.73. The van der Waals surface area contributed by atoms with E-state index in [1.807, 2.05) is 63.2 Å². The van der Waals surface area contributed by atoms with Gasteiger partial charge >= 0.3 is 0 Å². The third-order valence-electron chi connectivity index (χ3n) is 4.78. The van der Waals surface area contributed by atoms with Crippen LogP contribution in [-0.2, 0) is 21.9 Å². The lowest BCUT2D eigenvalue weighted by Gasteiger charge is -2.30. The average molecular weight is 413 g/mol. The van der Waals surface area contributed by atoms with Gasteiger partial charge in [-0.25, -0.2) is 0 Å². The van der Waals surface area contributed by atoms with Crippen molar-refractivity contribution in [2.45, 2.75) is 52.0 Å². The zero-order valence-electron chi connectivity index (χ0n) is 17.7. The summed E-state index contributed by atoms with van der Waals surface area (Å²) >= 11 is 1.75. The van der Waals surface area contributed by atoms with E-state index in [1.165, 1.54) is 11.1 Å². The molecule has 0 radical (unpaired) electrons. The molecule has 0 heterocycles. The maximum atomic E-state index is 13.1. The minimum absolute atomic E-state index is 0.0317. The van der Waals surface area contributed by atoms with Crippen molar-refractivity contribution in [2.75, 3.05) is 12.3 Å². The standard InChI is InChI=1S/C24H32N2O2S/c1-4-22(24(28)25-5-2)26(17-20-13-11-19(3)12-14-20)23(27)15-16-29-18-21-9-7-6-8-10-21/h6-14,22H,4-5,15-18H2,1-3H3,(H,25,28). The Balaban J connectivity index is 2.02. The Kier molecular flexibility index (Phi) is 9.78. The molecule has 1 N–H and O–H groups in total. The molecule has 2 amide bonds. The second-order valence-corrected chi connectivity index (χ2v) is 8.22. The molecule has 0 saturated heterocycles. The van der Waals surface area contributed by atoms with Crippen LogP contribution >= 0.6 is 11.8 Å². The van der Waals surface area contributed by atoms with E-state index < -0.39 is 6.04 Å².